The minimum Gasteiger partial charge on any atom is -0.394 e. The van der Waals surface area contributed by atoms with E-state index in [1.165, 1.54) is 14.0 Å². The van der Waals surface area contributed by atoms with Gasteiger partial charge in [0.05, 0.1) is 12.7 Å². The van der Waals surface area contributed by atoms with Crippen LogP contribution in [-0.2, 0) is 4.74 Å². The molecule has 0 saturated carbocycles. The first-order chi connectivity index (χ1) is 5.54. The van der Waals surface area contributed by atoms with E-state index in [1.54, 1.807) is 0 Å². The lowest BCUT2D eigenvalue weighted by molar-refractivity contribution is -0.121. The quantitative estimate of drug-likeness (QED) is 0.396. The van der Waals surface area contributed by atoms with Crippen LogP contribution in [-0.4, -0.2) is 58.6 Å². The van der Waals surface area contributed by atoms with Crippen molar-refractivity contribution in [3.63, 3.8) is 0 Å². The van der Waals surface area contributed by atoms with Crippen LogP contribution in [0.2, 0.25) is 0 Å². The first kappa shape index (κ1) is 11.8. The van der Waals surface area contributed by atoms with Crippen LogP contribution in [0.3, 0.4) is 0 Å². The third-order valence-corrected chi connectivity index (χ3v) is 1.71. The largest absolute Gasteiger partial charge is 0.394 e. The normalized spacial score (nSPS) is 21.5. The Kier molecular flexibility index (Phi) is 5.36. The molecule has 5 heteroatoms. The van der Waals surface area contributed by atoms with Gasteiger partial charge in [0.25, 0.3) is 0 Å². The van der Waals surface area contributed by atoms with Crippen molar-refractivity contribution in [2.75, 3.05) is 13.7 Å². The highest BCUT2D eigenvalue weighted by Gasteiger charge is 2.28. The molecule has 0 radical (unpaired) electrons. The molecule has 74 valence electrons. The number of ether oxygens (including phenoxy) is 1. The van der Waals surface area contributed by atoms with E-state index < -0.39 is 31.0 Å². The maximum atomic E-state index is 9.25. The molecule has 0 bridgehead atoms. The lowest BCUT2D eigenvalue weighted by Crippen LogP contribution is -2.45. The smallest absolute Gasteiger partial charge is 0.111 e. The molecule has 0 rings (SSSR count). The van der Waals surface area contributed by atoms with Crippen molar-refractivity contribution in [1.82, 2.24) is 0 Å². The molecular formula is C7H16O5. The summed E-state index contributed by atoms with van der Waals surface area (Å²) in [5, 5.41) is 35.9. The Bertz CT molecular complexity index is 110. The van der Waals surface area contributed by atoms with Crippen LogP contribution in [0.25, 0.3) is 0 Å². The van der Waals surface area contributed by atoms with Gasteiger partial charge in [0.1, 0.15) is 18.3 Å². The highest BCUT2D eigenvalue weighted by Crippen LogP contribution is 2.06. The van der Waals surface area contributed by atoms with Crippen molar-refractivity contribution in [3.8, 4) is 0 Å². The summed E-state index contributed by atoms with van der Waals surface area (Å²) >= 11 is 0. The molecule has 12 heavy (non-hydrogen) atoms. The molecule has 0 aromatic carbocycles. The number of methoxy groups -OCH3 is 1. The SMILES string of the molecule is COC(CO)C(O)C(O)[C@@H](C)O. The molecule has 0 amide bonds. The van der Waals surface area contributed by atoms with Crippen LogP contribution in [0.4, 0.5) is 0 Å². The van der Waals surface area contributed by atoms with E-state index in [0.29, 0.717) is 0 Å². The predicted octanol–water partition coefficient (Wildman–Crippen LogP) is -1.90. The summed E-state index contributed by atoms with van der Waals surface area (Å²) < 4.78 is 4.66. The van der Waals surface area contributed by atoms with Crippen LogP contribution in [0.1, 0.15) is 6.92 Å². The number of hydrogen-bond donors (Lipinski definition) is 4. The van der Waals surface area contributed by atoms with E-state index in [0.717, 1.165) is 0 Å². The average molecular weight is 180 g/mol. The molecule has 0 aliphatic heterocycles. The van der Waals surface area contributed by atoms with Crippen LogP contribution < -0.4 is 0 Å². The topological polar surface area (TPSA) is 90.2 Å². The zero-order valence-electron chi connectivity index (χ0n) is 7.21. The third kappa shape index (κ3) is 3.04. The number of aliphatic hydroxyl groups is 4. The summed E-state index contributed by atoms with van der Waals surface area (Å²) in [7, 11) is 1.30. The maximum Gasteiger partial charge on any atom is 0.111 e. The van der Waals surface area contributed by atoms with Gasteiger partial charge in [0.15, 0.2) is 0 Å². The minimum absolute atomic E-state index is 0.401. The van der Waals surface area contributed by atoms with Crippen molar-refractivity contribution in [1.29, 1.82) is 0 Å². The summed E-state index contributed by atoms with van der Waals surface area (Å²) in [6.07, 6.45) is -4.50. The summed E-state index contributed by atoms with van der Waals surface area (Å²) in [6.45, 7) is 0.944. The molecule has 0 aliphatic carbocycles. The van der Waals surface area contributed by atoms with E-state index in [-0.39, 0.29) is 0 Å². The summed E-state index contributed by atoms with van der Waals surface area (Å²) in [5.41, 5.74) is 0. The predicted molar refractivity (Wildman–Crippen MR) is 41.6 cm³/mol. The standard InChI is InChI=1S/C7H16O5/c1-4(9)6(10)7(11)5(3-8)12-2/h4-11H,3H2,1-2H3/t4-,5?,6?,7?/m1/s1. The number of aliphatic hydroxyl groups excluding tert-OH is 4. The first-order valence-corrected chi connectivity index (χ1v) is 3.72. The fourth-order valence-electron chi connectivity index (χ4n) is 0.827. The van der Waals surface area contributed by atoms with Gasteiger partial charge in [-0.25, -0.2) is 0 Å². The van der Waals surface area contributed by atoms with Gasteiger partial charge in [0, 0.05) is 7.11 Å². The van der Waals surface area contributed by atoms with Crippen LogP contribution >= 0.6 is 0 Å². The Morgan fingerprint density at radius 2 is 1.67 bits per heavy atom. The second-order valence-electron chi connectivity index (χ2n) is 2.68. The Balaban J connectivity index is 4.05. The van der Waals surface area contributed by atoms with Crippen LogP contribution in [0.5, 0.6) is 0 Å². The molecule has 0 aromatic rings. The van der Waals surface area contributed by atoms with Crippen molar-refractivity contribution in [2.24, 2.45) is 0 Å². The third-order valence-electron chi connectivity index (χ3n) is 1.71. The molecule has 0 spiro atoms. The summed E-state index contributed by atoms with van der Waals surface area (Å²) in [4.78, 5) is 0. The Labute approximate surface area is 71.2 Å². The molecule has 3 unspecified atom stereocenters. The van der Waals surface area contributed by atoms with Crippen molar-refractivity contribution < 1.29 is 25.2 Å². The second kappa shape index (κ2) is 5.45. The van der Waals surface area contributed by atoms with Crippen LogP contribution in [0.15, 0.2) is 0 Å². The highest BCUT2D eigenvalue weighted by molar-refractivity contribution is 4.79. The van der Waals surface area contributed by atoms with Gasteiger partial charge in [-0.1, -0.05) is 0 Å². The number of hydrogen-bond acceptors (Lipinski definition) is 5. The molecule has 4 atom stereocenters. The van der Waals surface area contributed by atoms with Gasteiger partial charge in [0.2, 0.25) is 0 Å². The summed E-state index contributed by atoms with van der Waals surface area (Å²) in [5.74, 6) is 0. The van der Waals surface area contributed by atoms with E-state index in [2.05, 4.69) is 4.74 Å². The minimum atomic E-state index is -1.30. The zero-order valence-corrected chi connectivity index (χ0v) is 7.21. The van der Waals surface area contributed by atoms with Gasteiger partial charge in [-0.2, -0.15) is 0 Å². The van der Waals surface area contributed by atoms with E-state index in [1.807, 2.05) is 0 Å². The van der Waals surface area contributed by atoms with Crippen molar-refractivity contribution in [2.45, 2.75) is 31.3 Å². The van der Waals surface area contributed by atoms with Gasteiger partial charge >= 0.3 is 0 Å². The molecule has 4 N–H and O–H groups in total. The fourth-order valence-corrected chi connectivity index (χ4v) is 0.827. The fraction of sp³-hybridized carbons (Fsp3) is 1.00. The Morgan fingerprint density at radius 3 is 1.92 bits per heavy atom. The second-order valence-corrected chi connectivity index (χ2v) is 2.68. The lowest BCUT2D eigenvalue weighted by atomic mass is 10.0. The highest BCUT2D eigenvalue weighted by atomic mass is 16.5. The van der Waals surface area contributed by atoms with Gasteiger partial charge in [-0.3, -0.25) is 0 Å². The Hall–Kier alpha value is -0.200. The van der Waals surface area contributed by atoms with Crippen molar-refractivity contribution >= 4 is 0 Å². The molecule has 0 aliphatic rings. The molecule has 5 nitrogen and oxygen atoms in total. The summed E-state index contributed by atoms with van der Waals surface area (Å²) in [6, 6.07) is 0. The molecule has 0 aromatic heterocycles. The van der Waals surface area contributed by atoms with E-state index in [4.69, 9.17) is 15.3 Å². The van der Waals surface area contributed by atoms with Gasteiger partial charge in [-0.15, -0.1) is 0 Å². The van der Waals surface area contributed by atoms with Gasteiger partial charge < -0.3 is 25.2 Å². The van der Waals surface area contributed by atoms with E-state index in [9.17, 15) is 5.11 Å². The van der Waals surface area contributed by atoms with Crippen LogP contribution in [0, 0.1) is 0 Å². The van der Waals surface area contributed by atoms with E-state index >= 15 is 0 Å². The van der Waals surface area contributed by atoms with Gasteiger partial charge in [-0.05, 0) is 6.92 Å². The monoisotopic (exact) mass is 180 g/mol. The average Bonchev–Trinajstić information content (AvgIpc) is 2.05. The maximum absolute atomic E-state index is 9.25. The molecular weight excluding hydrogens is 164 g/mol. The molecule has 0 saturated heterocycles. The Morgan fingerprint density at radius 1 is 1.17 bits per heavy atom. The molecule has 0 heterocycles. The number of rotatable bonds is 5. The first-order valence-electron chi connectivity index (χ1n) is 3.72. The van der Waals surface area contributed by atoms with Crippen molar-refractivity contribution in [3.05, 3.63) is 0 Å². The molecule has 0 fully saturated rings. The lowest BCUT2D eigenvalue weighted by Gasteiger charge is -2.25. The zero-order chi connectivity index (χ0) is 9.72.